The summed E-state index contributed by atoms with van der Waals surface area (Å²) in [5, 5.41) is 7.26. The number of carbonyl (C=O) groups is 1. The molecule has 154 valence electrons. The average molecular weight is 388 g/mol. The summed E-state index contributed by atoms with van der Waals surface area (Å²) in [5.74, 6) is 1.49. The number of aromatic nitrogens is 2. The highest BCUT2D eigenvalue weighted by Gasteiger charge is 2.51. The zero-order chi connectivity index (χ0) is 19.5. The van der Waals surface area contributed by atoms with Crippen molar-refractivity contribution in [1.29, 1.82) is 0 Å². The van der Waals surface area contributed by atoms with Gasteiger partial charge in [0.2, 0.25) is 5.91 Å². The van der Waals surface area contributed by atoms with Crippen molar-refractivity contribution in [3.05, 3.63) is 5.82 Å². The Morgan fingerprint density at radius 1 is 1.14 bits per heavy atom. The van der Waals surface area contributed by atoms with Gasteiger partial charge in [-0.05, 0) is 64.5 Å². The van der Waals surface area contributed by atoms with Crippen LogP contribution in [0.15, 0.2) is 4.52 Å². The van der Waals surface area contributed by atoms with E-state index in [1.54, 1.807) is 0 Å². The van der Waals surface area contributed by atoms with E-state index in [1.165, 1.54) is 25.7 Å². The molecule has 2 bridgehead atoms. The lowest BCUT2D eigenvalue weighted by atomic mass is 9.69. The van der Waals surface area contributed by atoms with E-state index in [-0.39, 0.29) is 11.3 Å². The third-order valence-electron chi connectivity index (χ3n) is 7.91. The van der Waals surface area contributed by atoms with Gasteiger partial charge in [0.15, 0.2) is 5.82 Å². The van der Waals surface area contributed by atoms with Crippen LogP contribution in [0.1, 0.15) is 64.6 Å². The summed E-state index contributed by atoms with van der Waals surface area (Å²) in [6.07, 6.45) is 7.86. The van der Waals surface area contributed by atoms with Crippen molar-refractivity contribution in [3.63, 3.8) is 0 Å². The Hall–Kier alpha value is -1.63. The highest BCUT2D eigenvalue weighted by molar-refractivity contribution is 5.80. The third-order valence-corrected chi connectivity index (χ3v) is 7.91. The Kier molecular flexibility index (Phi) is 4.41. The Morgan fingerprint density at radius 3 is 2.39 bits per heavy atom. The van der Waals surface area contributed by atoms with Gasteiger partial charge >= 0.3 is 6.01 Å². The van der Waals surface area contributed by atoms with E-state index in [4.69, 9.17) is 4.52 Å². The molecule has 1 spiro atoms. The first-order valence-corrected chi connectivity index (χ1v) is 11.1. The molecule has 5 rings (SSSR count). The van der Waals surface area contributed by atoms with Crippen molar-refractivity contribution >= 4 is 11.9 Å². The van der Waals surface area contributed by atoms with Crippen LogP contribution in [-0.2, 0) is 4.79 Å². The maximum Gasteiger partial charge on any atom is 0.324 e. The number of likely N-dealkylation sites (tertiary alicyclic amines) is 1. The highest BCUT2D eigenvalue weighted by atomic mass is 16.5. The van der Waals surface area contributed by atoms with Gasteiger partial charge in [-0.2, -0.15) is 4.98 Å². The number of fused-ring (bicyclic) bond motifs is 2. The van der Waals surface area contributed by atoms with Gasteiger partial charge < -0.3 is 19.6 Å². The van der Waals surface area contributed by atoms with Crippen LogP contribution in [0, 0.1) is 18.3 Å². The molecule has 4 aliphatic heterocycles. The largest absolute Gasteiger partial charge is 0.353 e. The Bertz CT molecular complexity index is 725. The van der Waals surface area contributed by atoms with Gasteiger partial charge in [0.1, 0.15) is 0 Å². The number of nitrogens with zero attached hydrogens (tertiary/aromatic N) is 4. The minimum Gasteiger partial charge on any atom is -0.353 e. The average Bonchev–Trinajstić information content (AvgIpc) is 3.30. The monoisotopic (exact) mass is 387 g/mol. The maximum absolute atomic E-state index is 12.1. The van der Waals surface area contributed by atoms with Crippen LogP contribution in [0.5, 0.6) is 0 Å². The van der Waals surface area contributed by atoms with E-state index in [0.717, 1.165) is 44.2 Å². The number of piperidine rings is 2. The molecule has 4 saturated heterocycles. The van der Waals surface area contributed by atoms with Gasteiger partial charge in [-0.25, -0.2) is 0 Å². The number of hydrogen-bond acceptors (Lipinski definition) is 6. The first-order valence-electron chi connectivity index (χ1n) is 11.1. The molecule has 1 aromatic rings. The second-order valence-electron chi connectivity index (χ2n) is 9.91. The number of nitrogens with one attached hydrogen (secondary N) is 1. The molecule has 4 aliphatic rings. The Balaban J connectivity index is 1.24. The second kappa shape index (κ2) is 6.71. The van der Waals surface area contributed by atoms with Crippen LogP contribution in [0.3, 0.4) is 0 Å². The third kappa shape index (κ3) is 2.93. The Labute approximate surface area is 167 Å². The van der Waals surface area contributed by atoms with Crippen LogP contribution in [0.2, 0.25) is 0 Å². The lowest BCUT2D eigenvalue weighted by Gasteiger charge is -2.48. The molecule has 1 amide bonds. The molecular formula is C21H33N5O2. The molecule has 0 aromatic carbocycles. The summed E-state index contributed by atoms with van der Waals surface area (Å²) < 4.78 is 5.49. The molecule has 3 atom stereocenters. The highest BCUT2D eigenvalue weighted by Crippen LogP contribution is 2.46. The predicted molar refractivity (Wildman–Crippen MR) is 106 cm³/mol. The topological polar surface area (TPSA) is 74.5 Å². The number of amides is 1. The van der Waals surface area contributed by atoms with Crippen molar-refractivity contribution in [3.8, 4) is 0 Å². The van der Waals surface area contributed by atoms with Crippen LogP contribution in [0.4, 0.5) is 6.01 Å². The van der Waals surface area contributed by atoms with Crippen molar-refractivity contribution < 1.29 is 9.32 Å². The summed E-state index contributed by atoms with van der Waals surface area (Å²) in [6.45, 7) is 8.64. The number of anilines is 1. The minimum absolute atomic E-state index is 0.183. The van der Waals surface area contributed by atoms with Crippen molar-refractivity contribution in [1.82, 2.24) is 20.4 Å². The first kappa shape index (κ1) is 18.4. The standard InChI is InChI=1S/C21H33N5O2/c1-13(2)19-21(12-18(27)23-19)6-8-25(9-7-21)17-10-15-4-5-16(11-17)26(15)20-22-14(3)24-28-20/h13,15-17,19H,4-12H2,1-3H3,(H,23,27). The molecule has 0 radical (unpaired) electrons. The van der Waals surface area contributed by atoms with E-state index in [9.17, 15) is 4.79 Å². The molecule has 0 aliphatic carbocycles. The summed E-state index contributed by atoms with van der Waals surface area (Å²) in [6, 6.07) is 2.77. The van der Waals surface area contributed by atoms with Crippen LogP contribution >= 0.6 is 0 Å². The van der Waals surface area contributed by atoms with Crippen molar-refractivity contribution in [2.45, 2.75) is 89.9 Å². The van der Waals surface area contributed by atoms with E-state index >= 15 is 0 Å². The van der Waals surface area contributed by atoms with E-state index in [2.05, 4.69) is 39.1 Å². The van der Waals surface area contributed by atoms with Crippen LogP contribution in [0.25, 0.3) is 0 Å². The van der Waals surface area contributed by atoms with Gasteiger partial charge in [-0.3, -0.25) is 4.79 Å². The number of carbonyl (C=O) groups excluding carboxylic acids is 1. The van der Waals surface area contributed by atoms with Gasteiger partial charge in [-0.1, -0.05) is 19.0 Å². The smallest absolute Gasteiger partial charge is 0.324 e. The van der Waals surface area contributed by atoms with Crippen LogP contribution < -0.4 is 10.2 Å². The van der Waals surface area contributed by atoms with E-state index in [1.807, 2.05) is 6.92 Å². The number of aryl methyl sites for hydroxylation is 1. The molecule has 0 saturated carbocycles. The van der Waals surface area contributed by atoms with E-state index in [0.29, 0.717) is 30.1 Å². The van der Waals surface area contributed by atoms with Gasteiger partial charge in [-0.15, -0.1) is 0 Å². The number of rotatable bonds is 3. The summed E-state index contributed by atoms with van der Waals surface area (Å²) >= 11 is 0. The number of hydrogen-bond donors (Lipinski definition) is 1. The SMILES string of the molecule is Cc1noc(N2C3CCC2CC(N2CCC4(CC2)CC(=O)NC4C(C)C)C3)n1. The molecule has 7 nitrogen and oxygen atoms in total. The molecular weight excluding hydrogens is 354 g/mol. The predicted octanol–water partition coefficient (Wildman–Crippen LogP) is 2.50. The first-order chi connectivity index (χ1) is 13.4. The lowest BCUT2D eigenvalue weighted by Crippen LogP contribution is -2.55. The summed E-state index contributed by atoms with van der Waals surface area (Å²) in [7, 11) is 0. The molecule has 5 heterocycles. The molecule has 3 unspecified atom stereocenters. The molecule has 7 heteroatoms. The normalized spacial score (nSPS) is 35.1. The quantitative estimate of drug-likeness (QED) is 0.859. The summed E-state index contributed by atoms with van der Waals surface area (Å²) in [4.78, 5) is 21.7. The van der Waals surface area contributed by atoms with Crippen molar-refractivity contribution in [2.75, 3.05) is 18.0 Å². The fourth-order valence-corrected chi connectivity index (χ4v) is 6.65. The van der Waals surface area contributed by atoms with Gasteiger partial charge in [0.25, 0.3) is 0 Å². The fourth-order valence-electron chi connectivity index (χ4n) is 6.65. The van der Waals surface area contributed by atoms with Crippen LogP contribution in [-0.4, -0.2) is 58.2 Å². The molecule has 1 aromatic heterocycles. The lowest BCUT2D eigenvalue weighted by molar-refractivity contribution is -0.120. The van der Waals surface area contributed by atoms with Gasteiger partial charge in [0.05, 0.1) is 0 Å². The zero-order valence-corrected chi connectivity index (χ0v) is 17.4. The Morgan fingerprint density at radius 2 is 1.82 bits per heavy atom. The van der Waals surface area contributed by atoms with E-state index < -0.39 is 0 Å². The summed E-state index contributed by atoms with van der Waals surface area (Å²) in [5.41, 5.74) is 0.183. The zero-order valence-electron chi connectivity index (χ0n) is 17.4. The molecule has 1 N–H and O–H groups in total. The minimum atomic E-state index is 0.183. The van der Waals surface area contributed by atoms with Crippen molar-refractivity contribution in [2.24, 2.45) is 11.3 Å². The second-order valence-corrected chi connectivity index (χ2v) is 9.91. The molecule has 4 fully saturated rings. The molecule has 28 heavy (non-hydrogen) atoms. The van der Waals surface area contributed by atoms with Gasteiger partial charge in [0, 0.05) is 36.0 Å². The fraction of sp³-hybridized carbons (Fsp3) is 0.857. The maximum atomic E-state index is 12.1.